The summed E-state index contributed by atoms with van der Waals surface area (Å²) in [7, 11) is 0. The zero-order chi connectivity index (χ0) is 7.84. The van der Waals surface area contributed by atoms with Gasteiger partial charge in [0.25, 0.3) is 0 Å². The molecule has 1 heteroatoms. The van der Waals surface area contributed by atoms with Gasteiger partial charge in [-0.1, -0.05) is 13.3 Å². The summed E-state index contributed by atoms with van der Waals surface area (Å²) in [5, 5.41) is 0. The number of rotatable bonds is 0. The highest BCUT2D eigenvalue weighted by molar-refractivity contribution is 5.85. The van der Waals surface area contributed by atoms with Crippen LogP contribution in [0.2, 0.25) is 0 Å². The largest absolute Gasteiger partial charge is 0.299 e. The summed E-state index contributed by atoms with van der Waals surface area (Å²) in [4.78, 5) is 11.6. The minimum atomic E-state index is 0.447. The topological polar surface area (TPSA) is 17.1 Å². The molecule has 0 aromatic rings. The number of fused-ring (bicyclic) bond motifs is 2. The van der Waals surface area contributed by atoms with Gasteiger partial charge >= 0.3 is 0 Å². The summed E-state index contributed by atoms with van der Waals surface area (Å²) in [5.41, 5.74) is 0. The Morgan fingerprint density at radius 2 is 2.00 bits per heavy atom. The van der Waals surface area contributed by atoms with E-state index in [1.807, 2.05) is 0 Å². The van der Waals surface area contributed by atoms with Gasteiger partial charge in [0.1, 0.15) is 5.78 Å². The second-order valence-electron chi connectivity index (χ2n) is 4.19. The van der Waals surface area contributed by atoms with Crippen LogP contribution >= 0.6 is 0 Å². The van der Waals surface area contributed by atoms with Crippen LogP contribution in [0.1, 0.15) is 39.0 Å². The Hall–Kier alpha value is -0.330. The molecule has 3 unspecified atom stereocenters. The number of carbonyl (C=O) groups is 1. The van der Waals surface area contributed by atoms with Crippen LogP contribution in [0.25, 0.3) is 0 Å². The molecule has 0 amide bonds. The molecule has 0 spiro atoms. The zero-order valence-corrected chi connectivity index (χ0v) is 7.18. The average molecular weight is 152 g/mol. The van der Waals surface area contributed by atoms with Crippen LogP contribution in [0.15, 0.2) is 0 Å². The first-order chi connectivity index (χ1) is 5.29. The highest BCUT2D eigenvalue weighted by Gasteiger charge is 2.38. The maximum Gasteiger partial charge on any atom is 0.139 e. The van der Waals surface area contributed by atoms with E-state index in [2.05, 4.69) is 6.92 Å². The van der Waals surface area contributed by atoms with Crippen LogP contribution in [0.5, 0.6) is 0 Å². The van der Waals surface area contributed by atoms with Crippen molar-refractivity contribution in [3.63, 3.8) is 0 Å². The van der Waals surface area contributed by atoms with E-state index in [4.69, 9.17) is 0 Å². The fourth-order valence-corrected chi connectivity index (χ4v) is 2.69. The Morgan fingerprint density at radius 1 is 1.18 bits per heavy atom. The number of hydrogen-bond donors (Lipinski definition) is 0. The lowest BCUT2D eigenvalue weighted by molar-refractivity contribution is -0.134. The van der Waals surface area contributed by atoms with E-state index in [1.54, 1.807) is 0 Å². The lowest BCUT2D eigenvalue weighted by Gasteiger charge is -2.37. The Balaban J connectivity index is 2.16. The van der Waals surface area contributed by atoms with Crippen LogP contribution in [0.3, 0.4) is 0 Å². The van der Waals surface area contributed by atoms with Crippen LogP contribution in [-0.2, 0) is 4.79 Å². The molecule has 2 rings (SSSR count). The molecule has 2 fully saturated rings. The minimum absolute atomic E-state index is 0.447. The Morgan fingerprint density at radius 3 is 2.73 bits per heavy atom. The quantitative estimate of drug-likeness (QED) is 0.521. The van der Waals surface area contributed by atoms with Crippen LogP contribution < -0.4 is 0 Å². The Labute approximate surface area is 68.2 Å². The molecule has 11 heavy (non-hydrogen) atoms. The molecular weight excluding hydrogens is 136 g/mol. The van der Waals surface area contributed by atoms with E-state index in [0.717, 1.165) is 0 Å². The third kappa shape index (κ3) is 1.11. The van der Waals surface area contributed by atoms with E-state index in [-0.39, 0.29) is 0 Å². The first-order valence-electron chi connectivity index (χ1n) is 4.83. The first kappa shape index (κ1) is 7.33. The third-order valence-electron chi connectivity index (χ3n) is 3.49. The lowest BCUT2D eigenvalue weighted by Crippen LogP contribution is -2.37. The Kier molecular flexibility index (Phi) is 1.74. The molecule has 0 saturated heterocycles. The van der Waals surface area contributed by atoms with Crippen molar-refractivity contribution in [2.45, 2.75) is 39.0 Å². The summed E-state index contributed by atoms with van der Waals surface area (Å²) >= 11 is 0. The minimum Gasteiger partial charge on any atom is -0.299 e. The van der Waals surface area contributed by atoms with Gasteiger partial charge in [0, 0.05) is 11.8 Å². The van der Waals surface area contributed by atoms with Crippen molar-refractivity contribution in [3.05, 3.63) is 0 Å². The third-order valence-corrected chi connectivity index (χ3v) is 3.49. The summed E-state index contributed by atoms with van der Waals surface area (Å²) in [6.45, 7) is 2.24. The van der Waals surface area contributed by atoms with Crippen LogP contribution in [0.4, 0.5) is 0 Å². The van der Waals surface area contributed by atoms with E-state index in [0.29, 0.717) is 23.5 Å². The van der Waals surface area contributed by atoms with Gasteiger partial charge < -0.3 is 0 Å². The predicted molar refractivity (Wildman–Crippen MR) is 44.2 cm³/mol. The summed E-state index contributed by atoms with van der Waals surface area (Å²) in [6, 6.07) is 0. The van der Waals surface area contributed by atoms with Crippen LogP contribution in [-0.4, -0.2) is 5.78 Å². The maximum atomic E-state index is 11.6. The van der Waals surface area contributed by atoms with Gasteiger partial charge in [-0.3, -0.25) is 4.79 Å². The molecule has 1 nitrogen and oxygen atoms in total. The van der Waals surface area contributed by atoms with Crippen molar-refractivity contribution in [2.75, 3.05) is 0 Å². The van der Waals surface area contributed by atoms with Crippen molar-refractivity contribution >= 4 is 5.78 Å². The molecule has 2 aliphatic carbocycles. The van der Waals surface area contributed by atoms with Gasteiger partial charge in [0.2, 0.25) is 0 Å². The van der Waals surface area contributed by atoms with Gasteiger partial charge in [-0.05, 0) is 31.6 Å². The molecule has 62 valence electrons. The van der Waals surface area contributed by atoms with Crippen LogP contribution in [0, 0.1) is 17.8 Å². The van der Waals surface area contributed by atoms with Gasteiger partial charge in [-0.25, -0.2) is 0 Å². The molecule has 0 radical (unpaired) electrons. The summed E-state index contributed by atoms with van der Waals surface area (Å²) in [5.74, 6) is 2.18. The average Bonchev–Trinajstić information content (AvgIpc) is 1.98. The molecule has 0 aromatic heterocycles. The smallest absolute Gasteiger partial charge is 0.139 e. The van der Waals surface area contributed by atoms with E-state index < -0.39 is 0 Å². The van der Waals surface area contributed by atoms with Gasteiger partial charge in [0.05, 0.1) is 0 Å². The van der Waals surface area contributed by atoms with E-state index in [9.17, 15) is 4.79 Å². The van der Waals surface area contributed by atoms with E-state index in [1.165, 1.54) is 32.1 Å². The monoisotopic (exact) mass is 152 g/mol. The lowest BCUT2D eigenvalue weighted by atomic mass is 9.66. The Bertz CT molecular complexity index is 174. The highest BCUT2D eigenvalue weighted by Crippen LogP contribution is 2.40. The van der Waals surface area contributed by atoms with Crippen molar-refractivity contribution in [2.24, 2.45) is 17.8 Å². The fraction of sp³-hybridized carbons (Fsp3) is 0.900. The maximum absolute atomic E-state index is 11.6. The predicted octanol–water partition coefficient (Wildman–Crippen LogP) is 2.40. The van der Waals surface area contributed by atoms with Crippen molar-refractivity contribution < 1.29 is 4.79 Å². The summed E-state index contributed by atoms with van der Waals surface area (Å²) in [6.07, 6.45) is 6.13. The number of ketones is 1. The number of Topliss-reactive ketones (excluding diaryl/α,β-unsaturated/α-hetero) is 1. The molecule has 2 saturated carbocycles. The molecule has 0 aromatic carbocycles. The number of hydrogen-bond acceptors (Lipinski definition) is 1. The molecular formula is C10H16O. The van der Waals surface area contributed by atoms with E-state index >= 15 is 0 Å². The van der Waals surface area contributed by atoms with Crippen molar-refractivity contribution in [3.8, 4) is 0 Å². The van der Waals surface area contributed by atoms with Crippen molar-refractivity contribution in [1.82, 2.24) is 0 Å². The van der Waals surface area contributed by atoms with Crippen molar-refractivity contribution in [1.29, 1.82) is 0 Å². The molecule has 2 aliphatic rings. The highest BCUT2D eigenvalue weighted by atomic mass is 16.1. The van der Waals surface area contributed by atoms with Gasteiger partial charge in [-0.2, -0.15) is 0 Å². The molecule has 2 bridgehead atoms. The SMILES string of the molecule is CC1CCC2CCCC1C2=O. The molecule has 0 heterocycles. The second kappa shape index (κ2) is 2.62. The van der Waals surface area contributed by atoms with Gasteiger partial charge in [0.15, 0.2) is 0 Å². The van der Waals surface area contributed by atoms with Gasteiger partial charge in [-0.15, -0.1) is 0 Å². The first-order valence-corrected chi connectivity index (χ1v) is 4.83. The molecule has 3 atom stereocenters. The zero-order valence-electron chi connectivity index (χ0n) is 7.18. The molecule has 0 aliphatic heterocycles. The second-order valence-corrected chi connectivity index (χ2v) is 4.19. The molecule has 0 N–H and O–H groups in total. The normalized spacial score (nSPS) is 44.1. The fourth-order valence-electron chi connectivity index (χ4n) is 2.69. The number of carbonyl (C=O) groups excluding carboxylic acids is 1. The standard InChI is InChI=1S/C10H16O/c1-7-5-6-8-3-2-4-9(7)10(8)11/h7-9H,2-6H2,1H3. The summed E-state index contributed by atoms with van der Waals surface area (Å²) < 4.78 is 0.